The molecule has 5 nitrogen and oxygen atoms in total. The zero-order valence-electron chi connectivity index (χ0n) is 13.4. The number of carboxylic acids is 1. The molecule has 1 aliphatic carbocycles. The molecule has 0 bridgehead atoms. The van der Waals surface area contributed by atoms with E-state index in [-0.39, 0.29) is 11.6 Å². The quantitative estimate of drug-likeness (QED) is 0.798. The van der Waals surface area contributed by atoms with Crippen molar-refractivity contribution < 1.29 is 14.7 Å². The largest absolute Gasteiger partial charge is 0.481 e. The number of carboxylic acid groups (broad SMARTS) is 1. The van der Waals surface area contributed by atoms with Crippen molar-refractivity contribution in [2.45, 2.75) is 0 Å². The maximum atomic E-state index is 11.7. The van der Waals surface area contributed by atoms with Gasteiger partial charge in [-0.1, -0.05) is 54.6 Å². The van der Waals surface area contributed by atoms with Gasteiger partial charge in [-0.15, -0.1) is 0 Å². The molecule has 0 radical (unpaired) electrons. The third-order valence-corrected chi connectivity index (χ3v) is 3.36. The van der Waals surface area contributed by atoms with Gasteiger partial charge in [-0.2, -0.15) is 0 Å². The van der Waals surface area contributed by atoms with Crippen molar-refractivity contribution in [1.29, 1.82) is 5.41 Å². The van der Waals surface area contributed by atoms with Gasteiger partial charge >= 0.3 is 5.97 Å². The van der Waals surface area contributed by atoms with Crippen molar-refractivity contribution in [2.24, 2.45) is 5.92 Å². The maximum Gasteiger partial charge on any atom is 0.316 e. The summed E-state index contributed by atoms with van der Waals surface area (Å²) in [5.41, 5.74) is 1.61. The number of nitrogens with one attached hydrogen (secondary N) is 2. The van der Waals surface area contributed by atoms with Gasteiger partial charge < -0.3 is 15.8 Å². The lowest BCUT2D eigenvalue weighted by Gasteiger charge is -2.07. The standard InChI is InChI=1S/C13H11NO.C7H7NO2/c15-13(11-7-3-1-4-8-11)14-12-9-5-2-6-10-12;8-6-4-2-1-3-5(6)7(9)10/h1-10H,(H,14,15);1-5,8H,(H,9,10). The number of amides is 1. The van der Waals surface area contributed by atoms with E-state index in [1.807, 2.05) is 48.5 Å². The Morgan fingerprint density at radius 2 is 1.52 bits per heavy atom. The number of allylic oxidation sites excluding steroid dienone is 3. The number of carbonyl (C=O) groups is 2. The third kappa shape index (κ3) is 5.58. The molecule has 3 N–H and O–H groups in total. The number of hydrogen-bond acceptors (Lipinski definition) is 3. The number of benzene rings is 2. The van der Waals surface area contributed by atoms with Gasteiger partial charge in [-0.3, -0.25) is 9.59 Å². The Morgan fingerprint density at radius 1 is 0.920 bits per heavy atom. The molecule has 0 fully saturated rings. The van der Waals surface area contributed by atoms with Crippen LogP contribution in [0.3, 0.4) is 0 Å². The van der Waals surface area contributed by atoms with E-state index in [2.05, 4.69) is 5.32 Å². The number of carbonyl (C=O) groups excluding carboxylic acids is 1. The average molecular weight is 334 g/mol. The molecule has 1 aliphatic rings. The van der Waals surface area contributed by atoms with Crippen molar-refractivity contribution in [3.05, 3.63) is 90.5 Å². The molecular weight excluding hydrogens is 316 g/mol. The zero-order chi connectivity index (χ0) is 18.1. The van der Waals surface area contributed by atoms with Gasteiger partial charge in [0.15, 0.2) is 0 Å². The number of rotatable bonds is 3. The number of hydrogen-bond donors (Lipinski definition) is 3. The normalized spacial score (nSPS) is 15.0. The van der Waals surface area contributed by atoms with Crippen LogP contribution in [0.4, 0.5) is 5.69 Å². The fourth-order valence-electron chi connectivity index (χ4n) is 2.07. The van der Waals surface area contributed by atoms with Crippen LogP contribution in [0, 0.1) is 11.3 Å². The maximum absolute atomic E-state index is 11.7. The predicted octanol–water partition coefficient (Wildman–Crippen LogP) is 3.77. The molecule has 0 aliphatic heterocycles. The minimum absolute atomic E-state index is 0.0817. The Balaban J connectivity index is 0.000000196. The Labute approximate surface area is 145 Å². The highest BCUT2D eigenvalue weighted by atomic mass is 16.4. The van der Waals surface area contributed by atoms with Crippen molar-refractivity contribution in [3.63, 3.8) is 0 Å². The minimum atomic E-state index is -0.967. The Kier molecular flexibility index (Phi) is 6.42. The minimum Gasteiger partial charge on any atom is -0.481 e. The highest BCUT2D eigenvalue weighted by molar-refractivity contribution is 6.08. The highest BCUT2D eigenvalue weighted by Gasteiger charge is 2.18. The van der Waals surface area contributed by atoms with Gasteiger partial charge in [0.25, 0.3) is 5.91 Å². The molecule has 25 heavy (non-hydrogen) atoms. The molecule has 126 valence electrons. The molecule has 0 spiro atoms. The fourth-order valence-corrected chi connectivity index (χ4v) is 2.07. The second-order valence-electron chi connectivity index (χ2n) is 5.20. The second kappa shape index (κ2) is 8.98. The fraction of sp³-hybridized carbons (Fsp3) is 0.0500. The number of para-hydroxylation sites is 1. The van der Waals surface area contributed by atoms with Crippen LogP contribution in [0.1, 0.15) is 10.4 Å². The van der Waals surface area contributed by atoms with Crippen LogP contribution in [0.25, 0.3) is 0 Å². The Morgan fingerprint density at radius 3 is 2.04 bits per heavy atom. The van der Waals surface area contributed by atoms with Crippen LogP contribution in [0.2, 0.25) is 0 Å². The second-order valence-corrected chi connectivity index (χ2v) is 5.20. The summed E-state index contributed by atoms with van der Waals surface area (Å²) in [6, 6.07) is 18.6. The van der Waals surface area contributed by atoms with Crippen LogP contribution in [0.15, 0.2) is 85.0 Å². The molecule has 1 amide bonds. The van der Waals surface area contributed by atoms with E-state index in [9.17, 15) is 9.59 Å². The van der Waals surface area contributed by atoms with Gasteiger partial charge in [0, 0.05) is 17.0 Å². The summed E-state index contributed by atoms with van der Waals surface area (Å²) < 4.78 is 0. The molecule has 0 heterocycles. The van der Waals surface area contributed by atoms with Crippen LogP contribution >= 0.6 is 0 Å². The lowest BCUT2D eigenvalue weighted by molar-refractivity contribution is -0.138. The first-order valence-electron chi connectivity index (χ1n) is 7.65. The van der Waals surface area contributed by atoms with E-state index in [0.717, 1.165) is 5.69 Å². The number of anilines is 1. The summed E-state index contributed by atoms with van der Waals surface area (Å²) in [4.78, 5) is 22.0. The van der Waals surface area contributed by atoms with E-state index < -0.39 is 11.9 Å². The lowest BCUT2D eigenvalue weighted by Crippen LogP contribution is -2.20. The SMILES string of the molecule is N=C1C=CC=CC1C(=O)O.O=C(Nc1ccccc1)c1ccccc1. The molecule has 0 saturated heterocycles. The van der Waals surface area contributed by atoms with Crippen LogP contribution in [0.5, 0.6) is 0 Å². The van der Waals surface area contributed by atoms with Crippen molar-refractivity contribution in [2.75, 3.05) is 5.32 Å². The topological polar surface area (TPSA) is 90.2 Å². The van der Waals surface area contributed by atoms with E-state index >= 15 is 0 Å². The van der Waals surface area contributed by atoms with Crippen LogP contribution in [-0.2, 0) is 4.79 Å². The summed E-state index contributed by atoms with van der Waals surface area (Å²) >= 11 is 0. The van der Waals surface area contributed by atoms with Gasteiger partial charge in [0.1, 0.15) is 5.92 Å². The monoisotopic (exact) mass is 334 g/mol. The molecule has 3 rings (SSSR count). The van der Waals surface area contributed by atoms with E-state index in [0.29, 0.717) is 5.56 Å². The third-order valence-electron chi connectivity index (χ3n) is 3.36. The first kappa shape index (κ1) is 17.9. The van der Waals surface area contributed by atoms with Gasteiger partial charge in [-0.05, 0) is 30.3 Å². The molecule has 1 unspecified atom stereocenters. The Hall–Kier alpha value is -3.47. The summed E-state index contributed by atoms with van der Waals surface area (Å²) in [7, 11) is 0. The van der Waals surface area contributed by atoms with Gasteiger partial charge in [-0.25, -0.2) is 0 Å². The summed E-state index contributed by atoms with van der Waals surface area (Å²) in [5, 5.41) is 18.5. The van der Waals surface area contributed by atoms with Crippen LogP contribution < -0.4 is 5.32 Å². The van der Waals surface area contributed by atoms with E-state index in [4.69, 9.17) is 10.5 Å². The Bertz CT molecular complexity index is 796. The molecular formula is C20H18N2O3. The summed E-state index contributed by atoms with van der Waals surface area (Å²) in [5.74, 6) is -1.79. The van der Waals surface area contributed by atoms with E-state index in [1.54, 1.807) is 24.3 Å². The van der Waals surface area contributed by atoms with Crippen LogP contribution in [-0.4, -0.2) is 22.7 Å². The smallest absolute Gasteiger partial charge is 0.316 e. The summed E-state index contributed by atoms with van der Waals surface area (Å²) in [6.07, 6.45) is 6.27. The molecule has 2 aromatic carbocycles. The number of aliphatic carboxylic acids is 1. The first-order chi connectivity index (χ1) is 12.1. The van der Waals surface area contributed by atoms with Crippen molar-refractivity contribution >= 4 is 23.3 Å². The molecule has 1 atom stereocenters. The van der Waals surface area contributed by atoms with Crippen molar-refractivity contribution in [3.8, 4) is 0 Å². The van der Waals surface area contributed by atoms with Gasteiger partial charge in [0.2, 0.25) is 0 Å². The summed E-state index contributed by atoms with van der Waals surface area (Å²) in [6.45, 7) is 0. The molecule has 0 saturated carbocycles. The highest BCUT2D eigenvalue weighted by Crippen LogP contribution is 2.08. The molecule has 0 aromatic heterocycles. The predicted molar refractivity (Wildman–Crippen MR) is 98.0 cm³/mol. The zero-order valence-corrected chi connectivity index (χ0v) is 13.4. The molecule has 5 heteroatoms. The average Bonchev–Trinajstić information content (AvgIpc) is 2.64. The van der Waals surface area contributed by atoms with Gasteiger partial charge in [0.05, 0.1) is 0 Å². The molecule has 2 aromatic rings. The van der Waals surface area contributed by atoms with Crippen molar-refractivity contribution in [1.82, 2.24) is 0 Å². The lowest BCUT2D eigenvalue weighted by atomic mass is 9.99. The van der Waals surface area contributed by atoms with E-state index in [1.165, 1.54) is 12.2 Å². The first-order valence-corrected chi connectivity index (χ1v) is 7.65.